The second-order valence-electron chi connectivity index (χ2n) is 2.61. The summed E-state index contributed by atoms with van der Waals surface area (Å²) in [5, 5.41) is 1.31. The minimum atomic E-state index is -0.248. The van der Waals surface area contributed by atoms with Crippen molar-refractivity contribution in [3.8, 4) is 5.06 Å². The molecular weight excluding hydrogens is 207 g/mol. The largest absolute Gasteiger partial charge is 0.487 e. The van der Waals surface area contributed by atoms with Gasteiger partial charge in [-0.15, -0.1) is 12.6 Å². The van der Waals surface area contributed by atoms with E-state index in [2.05, 4.69) is 12.6 Å². The fourth-order valence-corrected chi connectivity index (χ4v) is 2.42. The Balaban J connectivity index is 2.75. The van der Waals surface area contributed by atoms with Crippen molar-refractivity contribution in [3.63, 3.8) is 0 Å². The molecule has 0 aliphatic heterocycles. The lowest BCUT2D eigenvalue weighted by Crippen LogP contribution is -1.75. The van der Waals surface area contributed by atoms with Gasteiger partial charge in [-0.3, -0.25) is 0 Å². The molecule has 0 unspecified atom stereocenters. The lowest BCUT2D eigenvalue weighted by atomic mass is 10.2. The second-order valence-corrected chi connectivity index (χ2v) is 4.17. The van der Waals surface area contributed by atoms with Crippen molar-refractivity contribution in [1.29, 1.82) is 0 Å². The summed E-state index contributed by atoms with van der Waals surface area (Å²) in [5.74, 6) is -0.248. The quantitative estimate of drug-likeness (QED) is 0.716. The SMILES string of the molecule is COc1cc2c(F)cc(S)cc2s1. The van der Waals surface area contributed by atoms with E-state index in [0.717, 1.165) is 4.70 Å². The Kier molecular flexibility index (Phi) is 2.17. The van der Waals surface area contributed by atoms with E-state index in [1.54, 1.807) is 13.2 Å². The van der Waals surface area contributed by atoms with Crippen LogP contribution < -0.4 is 4.74 Å². The van der Waals surface area contributed by atoms with Gasteiger partial charge in [-0.1, -0.05) is 11.3 Å². The molecule has 0 fully saturated rings. The number of hydrogen-bond donors (Lipinski definition) is 1. The van der Waals surface area contributed by atoms with Gasteiger partial charge < -0.3 is 4.74 Å². The third kappa shape index (κ3) is 1.51. The third-order valence-electron chi connectivity index (χ3n) is 1.75. The molecule has 0 amide bonds. The minimum absolute atomic E-state index is 0.248. The van der Waals surface area contributed by atoms with Crippen LogP contribution in [0.15, 0.2) is 23.1 Å². The van der Waals surface area contributed by atoms with Crippen LogP contribution in [0.1, 0.15) is 0 Å². The summed E-state index contributed by atoms with van der Waals surface area (Å²) < 4.78 is 19.2. The zero-order chi connectivity index (χ0) is 9.42. The Hall–Kier alpha value is -0.740. The van der Waals surface area contributed by atoms with E-state index in [-0.39, 0.29) is 5.82 Å². The minimum Gasteiger partial charge on any atom is -0.487 e. The van der Waals surface area contributed by atoms with E-state index in [1.807, 2.05) is 6.07 Å². The van der Waals surface area contributed by atoms with Gasteiger partial charge in [-0.25, -0.2) is 4.39 Å². The maximum Gasteiger partial charge on any atom is 0.174 e. The van der Waals surface area contributed by atoms with Gasteiger partial charge in [0.25, 0.3) is 0 Å². The van der Waals surface area contributed by atoms with Crippen molar-refractivity contribution in [2.75, 3.05) is 7.11 Å². The molecule has 1 aromatic carbocycles. The van der Waals surface area contributed by atoms with E-state index in [9.17, 15) is 4.39 Å². The Labute approximate surface area is 84.6 Å². The molecule has 0 bridgehead atoms. The molecule has 2 aromatic rings. The zero-order valence-electron chi connectivity index (χ0n) is 6.87. The number of fused-ring (bicyclic) bond motifs is 1. The molecule has 0 atom stereocenters. The zero-order valence-corrected chi connectivity index (χ0v) is 8.58. The standard InChI is InChI=1S/C9H7FOS2/c1-11-9-4-6-7(10)2-5(12)3-8(6)13-9/h2-4,12H,1H3. The van der Waals surface area contributed by atoms with E-state index in [4.69, 9.17) is 4.74 Å². The first kappa shape index (κ1) is 8.84. The summed E-state index contributed by atoms with van der Waals surface area (Å²) in [4.78, 5) is 0.634. The second kappa shape index (κ2) is 3.20. The van der Waals surface area contributed by atoms with E-state index < -0.39 is 0 Å². The van der Waals surface area contributed by atoms with Crippen molar-refractivity contribution in [3.05, 3.63) is 24.0 Å². The number of hydrogen-bond acceptors (Lipinski definition) is 3. The first-order valence-electron chi connectivity index (χ1n) is 3.67. The summed E-state index contributed by atoms with van der Waals surface area (Å²) in [6.45, 7) is 0. The molecule has 13 heavy (non-hydrogen) atoms. The van der Waals surface area contributed by atoms with Crippen LogP contribution in [-0.4, -0.2) is 7.11 Å². The first-order chi connectivity index (χ1) is 6.20. The summed E-state index contributed by atoms with van der Waals surface area (Å²) in [6.07, 6.45) is 0. The summed E-state index contributed by atoms with van der Waals surface area (Å²) in [5.41, 5.74) is 0. The highest BCUT2D eigenvalue weighted by atomic mass is 32.1. The van der Waals surface area contributed by atoms with Crippen LogP contribution in [0.3, 0.4) is 0 Å². The van der Waals surface area contributed by atoms with Gasteiger partial charge in [-0.05, 0) is 12.1 Å². The average Bonchev–Trinajstić information content (AvgIpc) is 2.47. The van der Waals surface area contributed by atoms with Gasteiger partial charge in [0.2, 0.25) is 0 Å². The lowest BCUT2D eigenvalue weighted by molar-refractivity contribution is 0.427. The molecule has 0 spiro atoms. The molecule has 2 rings (SSSR count). The van der Waals surface area contributed by atoms with Gasteiger partial charge in [0, 0.05) is 21.0 Å². The Morgan fingerprint density at radius 3 is 2.85 bits per heavy atom. The molecule has 4 heteroatoms. The van der Waals surface area contributed by atoms with E-state index in [1.165, 1.54) is 17.4 Å². The summed E-state index contributed by atoms with van der Waals surface area (Å²) in [7, 11) is 1.57. The number of ether oxygens (including phenoxy) is 1. The van der Waals surface area contributed by atoms with E-state index >= 15 is 0 Å². The lowest BCUT2D eigenvalue weighted by Gasteiger charge is -1.93. The topological polar surface area (TPSA) is 9.23 Å². The van der Waals surface area contributed by atoms with Gasteiger partial charge in [0.05, 0.1) is 7.11 Å². The highest BCUT2D eigenvalue weighted by molar-refractivity contribution is 7.80. The van der Waals surface area contributed by atoms with Crippen molar-refractivity contribution < 1.29 is 9.13 Å². The van der Waals surface area contributed by atoms with Gasteiger partial charge in [-0.2, -0.15) is 0 Å². The molecule has 0 radical (unpaired) electrons. The first-order valence-corrected chi connectivity index (χ1v) is 4.93. The van der Waals surface area contributed by atoms with Crippen LogP contribution in [0.4, 0.5) is 4.39 Å². The highest BCUT2D eigenvalue weighted by Crippen LogP contribution is 2.34. The summed E-state index contributed by atoms with van der Waals surface area (Å²) >= 11 is 5.51. The number of thiol groups is 1. The number of rotatable bonds is 1. The molecule has 0 aliphatic rings. The fraction of sp³-hybridized carbons (Fsp3) is 0.111. The third-order valence-corrected chi connectivity index (χ3v) is 3.05. The van der Waals surface area contributed by atoms with Crippen molar-refractivity contribution in [1.82, 2.24) is 0 Å². The maximum atomic E-state index is 13.3. The monoisotopic (exact) mass is 214 g/mol. The van der Waals surface area contributed by atoms with Crippen LogP contribution in [0.2, 0.25) is 0 Å². The Morgan fingerprint density at radius 2 is 2.15 bits per heavy atom. The van der Waals surface area contributed by atoms with Gasteiger partial charge in [0.1, 0.15) is 5.82 Å². The number of benzene rings is 1. The van der Waals surface area contributed by atoms with Crippen molar-refractivity contribution >= 4 is 34.1 Å². The van der Waals surface area contributed by atoms with Crippen LogP contribution in [0.5, 0.6) is 5.06 Å². The predicted octanol–water partition coefficient (Wildman–Crippen LogP) is 3.34. The average molecular weight is 214 g/mol. The van der Waals surface area contributed by atoms with Crippen molar-refractivity contribution in [2.45, 2.75) is 4.90 Å². The summed E-state index contributed by atoms with van der Waals surface area (Å²) in [6, 6.07) is 4.93. The van der Waals surface area contributed by atoms with Crippen LogP contribution in [-0.2, 0) is 0 Å². The maximum absolute atomic E-state index is 13.3. The Morgan fingerprint density at radius 1 is 1.38 bits per heavy atom. The number of methoxy groups -OCH3 is 1. The molecule has 1 nitrogen and oxygen atoms in total. The van der Waals surface area contributed by atoms with Gasteiger partial charge >= 0.3 is 0 Å². The van der Waals surface area contributed by atoms with E-state index in [0.29, 0.717) is 15.3 Å². The number of thiophene rings is 1. The number of halogens is 1. The van der Waals surface area contributed by atoms with Gasteiger partial charge in [0.15, 0.2) is 5.06 Å². The van der Waals surface area contributed by atoms with Crippen LogP contribution >= 0.6 is 24.0 Å². The molecule has 0 saturated heterocycles. The highest BCUT2D eigenvalue weighted by Gasteiger charge is 2.07. The molecule has 0 saturated carbocycles. The van der Waals surface area contributed by atoms with Crippen LogP contribution in [0, 0.1) is 5.82 Å². The molecule has 0 N–H and O–H groups in total. The Bertz CT molecular complexity index is 450. The molecule has 1 aromatic heterocycles. The van der Waals surface area contributed by atoms with Crippen LogP contribution in [0.25, 0.3) is 10.1 Å². The normalized spacial score (nSPS) is 10.7. The molecule has 0 aliphatic carbocycles. The smallest absolute Gasteiger partial charge is 0.174 e. The van der Waals surface area contributed by atoms with Crippen molar-refractivity contribution in [2.24, 2.45) is 0 Å². The molecular formula is C9H7FOS2. The molecule has 68 valence electrons. The molecule has 1 heterocycles. The fourth-order valence-electron chi connectivity index (χ4n) is 1.16. The predicted molar refractivity (Wildman–Crippen MR) is 55.6 cm³/mol.